The molecular weight excluding hydrogens is 516 g/mol. The van der Waals surface area contributed by atoms with Gasteiger partial charge in [0.15, 0.2) is 17.1 Å². The topological polar surface area (TPSA) is 151 Å². The number of carbonyl (C=O) groups is 2. The van der Waals surface area contributed by atoms with Crippen molar-refractivity contribution in [2.75, 3.05) is 31.4 Å². The molecule has 0 aliphatic carbocycles. The third-order valence-electron chi connectivity index (χ3n) is 5.43. The van der Waals surface area contributed by atoms with E-state index in [0.29, 0.717) is 35.4 Å². The number of nitrogens with one attached hydrogen (secondary N) is 2. The highest BCUT2D eigenvalue weighted by Crippen LogP contribution is 2.33. The lowest BCUT2D eigenvalue weighted by Crippen LogP contribution is -2.42. The Morgan fingerprint density at radius 1 is 1.07 bits per heavy atom. The number of rotatable bonds is 9. The largest absolute Gasteiger partial charge is 0.487 e. The molecule has 0 aliphatic heterocycles. The molecule has 210 valence electrons. The molecule has 4 rings (SSSR count). The Kier molecular flexibility index (Phi) is 8.39. The van der Waals surface area contributed by atoms with E-state index in [0.717, 1.165) is 5.56 Å². The number of para-hydroxylation sites is 1. The minimum Gasteiger partial charge on any atom is -0.487 e. The summed E-state index contributed by atoms with van der Waals surface area (Å²) in [5, 5.41) is 9.95. The number of aromatic nitrogens is 3. The Morgan fingerprint density at radius 2 is 1.88 bits per heavy atom. The molecule has 0 aliphatic rings. The SMILES string of the molecule is COCCOc1cccc(C(=O)Nc2cc(Oc3ccc4nc(N)cn4n3)ccc2C)c1OC(=O)NC(C)(C)C. The van der Waals surface area contributed by atoms with Crippen LogP contribution in [0.1, 0.15) is 36.7 Å². The van der Waals surface area contributed by atoms with Crippen molar-refractivity contribution in [1.82, 2.24) is 19.9 Å². The van der Waals surface area contributed by atoms with Crippen molar-refractivity contribution in [3.8, 4) is 23.1 Å². The third-order valence-corrected chi connectivity index (χ3v) is 5.43. The van der Waals surface area contributed by atoms with Gasteiger partial charge < -0.3 is 35.3 Å². The standard InChI is InChI=1S/C28H32N6O6/c1-17-9-10-18(39-24-12-11-23-31-22(29)16-34(23)33-24)15-20(17)30-26(35)19-7-6-8-21(38-14-13-37-5)25(19)40-27(36)32-28(2,3)4/h6-12,15-16H,13-14,29H2,1-5H3,(H,30,35)(H,32,36). The molecule has 0 atom stereocenters. The van der Waals surface area contributed by atoms with E-state index in [-0.39, 0.29) is 23.7 Å². The normalized spacial score (nSPS) is 11.2. The lowest BCUT2D eigenvalue weighted by molar-refractivity contribution is 0.102. The quantitative estimate of drug-likeness (QED) is 0.255. The molecule has 40 heavy (non-hydrogen) atoms. The first-order chi connectivity index (χ1) is 19.0. The molecule has 2 aromatic carbocycles. The Morgan fingerprint density at radius 3 is 2.62 bits per heavy atom. The van der Waals surface area contributed by atoms with E-state index in [2.05, 4.69) is 20.7 Å². The summed E-state index contributed by atoms with van der Waals surface area (Å²) in [6, 6.07) is 13.4. The highest BCUT2D eigenvalue weighted by atomic mass is 16.6. The maximum atomic E-state index is 13.5. The monoisotopic (exact) mass is 548 g/mol. The summed E-state index contributed by atoms with van der Waals surface area (Å²) in [4.78, 5) is 30.2. The van der Waals surface area contributed by atoms with Crippen LogP contribution in [0.2, 0.25) is 0 Å². The number of anilines is 2. The second-order valence-electron chi connectivity index (χ2n) is 9.91. The van der Waals surface area contributed by atoms with Crippen LogP contribution >= 0.6 is 0 Å². The molecule has 12 heteroatoms. The number of nitrogens with two attached hydrogens (primary N) is 1. The van der Waals surface area contributed by atoms with Crippen LogP contribution in [0.25, 0.3) is 5.65 Å². The van der Waals surface area contributed by atoms with Gasteiger partial charge >= 0.3 is 6.09 Å². The maximum absolute atomic E-state index is 13.5. The minimum absolute atomic E-state index is 0.0139. The van der Waals surface area contributed by atoms with E-state index in [4.69, 9.17) is 24.7 Å². The van der Waals surface area contributed by atoms with E-state index in [1.807, 2.05) is 27.7 Å². The molecule has 0 saturated carbocycles. The molecule has 2 amide bonds. The second kappa shape index (κ2) is 11.9. The van der Waals surface area contributed by atoms with Crippen LogP contribution in [-0.2, 0) is 4.74 Å². The zero-order chi connectivity index (χ0) is 28.9. The van der Waals surface area contributed by atoms with Gasteiger partial charge in [0.1, 0.15) is 18.2 Å². The lowest BCUT2D eigenvalue weighted by atomic mass is 10.1. The molecule has 0 saturated heterocycles. The number of nitrogen functional groups attached to an aromatic ring is 1. The van der Waals surface area contributed by atoms with Crippen molar-refractivity contribution in [2.45, 2.75) is 33.2 Å². The predicted molar refractivity (Wildman–Crippen MR) is 149 cm³/mol. The highest BCUT2D eigenvalue weighted by Gasteiger charge is 2.23. The van der Waals surface area contributed by atoms with Gasteiger partial charge in [-0.3, -0.25) is 4.79 Å². The van der Waals surface area contributed by atoms with Gasteiger partial charge in [-0.15, -0.1) is 5.10 Å². The average molecular weight is 549 g/mol. The van der Waals surface area contributed by atoms with Crippen LogP contribution in [0.15, 0.2) is 54.7 Å². The molecule has 0 radical (unpaired) electrons. The Labute approximate surface area is 231 Å². The number of methoxy groups -OCH3 is 1. The number of fused-ring (bicyclic) bond motifs is 1. The fourth-order valence-electron chi connectivity index (χ4n) is 3.62. The number of hydrogen-bond acceptors (Lipinski definition) is 9. The fourth-order valence-corrected chi connectivity index (χ4v) is 3.62. The Balaban J connectivity index is 1.58. The molecule has 2 aromatic heterocycles. The summed E-state index contributed by atoms with van der Waals surface area (Å²) in [6.07, 6.45) is 0.859. The zero-order valence-electron chi connectivity index (χ0n) is 23.0. The molecule has 0 unspecified atom stereocenters. The smallest absolute Gasteiger partial charge is 0.413 e. The molecule has 12 nitrogen and oxygen atoms in total. The fraction of sp³-hybridized carbons (Fsp3) is 0.286. The minimum atomic E-state index is -0.722. The first-order valence-electron chi connectivity index (χ1n) is 12.5. The molecule has 0 spiro atoms. The van der Waals surface area contributed by atoms with Crippen molar-refractivity contribution < 1.29 is 28.5 Å². The molecule has 0 bridgehead atoms. The van der Waals surface area contributed by atoms with E-state index in [1.54, 1.807) is 61.8 Å². The van der Waals surface area contributed by atoms with Crippen molar-refractivity contribution in [2.24, 2.45) is 0 Å². The second-order valence-corrected chi connectivity index (χ2v) is 9.91. The van der Waals surface area contributed by atoms with Crippen LogP contribution in [0.4, 0.5) is 16.3 Å². The van der Waals surface area contributed by atoms with E-state index in [1.165, 1.54) is 4.52 Å². The van der Waals surface area contributed by atoms with Crippen molar-refractivity contribution in [3.63, 3.8) is 0 Å². The Hall–Kier alpha value is -4.84. The van der Waals surface area contributed by atoms with Crippen LogP contribution in [0.3, 0.4) is 0 Å². The molecule has 4 N–H and O–H groups in total. The van der Waals surface area contributed by atoms with Gasteiger partial charge in [0, 0.05) is 30.5 Å². The highest BCUT2D eigenvalue weighted by molar-refractivity contribution is 6.07. The van der Waals surface area contributed by atoms with Crippen LogP contribution in [-0.4, -0.2) is 52.5 Å². The van der Waals surface area contributed by atoms with Gasteiger partial charge in [0.05, 0.1) is 18.4 Å². The zero-order valence-corrected chi connectivity index (χ0v) is 23.0. The van der Waals surface area contributed by atoms with E-state index in [9.17, 15) is 9.59 Å². The number of hydrogen-bond donors (Lipinski definition) is 3. The number of amides is 2. The third kappa shape index (κ3) is 7.17. The number of carbonyl (C=O) groups excluding carboxylic acids is 2. The van der Waals surface area contributed by atoms with Gasteiger partial charge in [0.25, 0.3) is 5.91 Å². The van der Waals surface area contributed by atoms with E-state index < -0.39 is 17.5 Å². The first-order valence-corrected chi connectivity index (χ1v) is 12.5. The van der Waals surface area contributed by atoms with Crippen LogP contribution in [0, 0.1) is 6.92 Å². The summed E-state index contributed by atoms with van der Waals surface area (Å²) in [7, 11) is 1.55. The number of aryl methyl sites for hydroxylation is 1. The summed E-state index contributed by atoms with van der Waals surface area (Å²) >= 11 is 0. The van der Waals surface area contributed by atoms with Gasteiger partial charge in [-0.1, -0.05) is 12.1 Å². The van der Waals surface area contributed by atoms with Crippen LogP contribution < -0.4 is 30.6 Å². The molecule has 0 fully saturated rings. The number of nitrogens with zero attached hydrogens (tertiary/aromatic N) is 3. The van der Waals surface area contributed by atoms with Crippen LogP contribution in [0.5, 0.6) is 23.1 Å². The summed E-state index contributed by atoms with van der Waals surface area (Å²) in [5.74, 6) is 0.803. The van der Waals surface area contributed by atoms with Crippen molar-refractivity contribution >= 4 is 29.2 Å². The molecule has 4 aromatic rings. The average Bonchev–Trinajstić information content (AvgIpc) is 3.25. The maximum Gasteiger partial charge on any atom is 0.413 e. The van der Waals surface area contributed by atoms with Gasteiger partial charge in [-0.05, 0) is 57.5 Å². The number of imidazole rings is 1. The van der Waals surface area contributed by atoms with Gasteiger partial charge in [-0.2, -0.15) is 0 Å². The number of ether oxygens (including phenoxy) is 4. The predicted octanol–water partition coefficient (Wildman–Crippen LogP) is 4.58. The number of benzene rings is 2. The van der Waals surface area contributed by atoms with Crippen molar-refractivity contribution in [3.05, 3.63) is 65.9 Å². The van der Waals surface area contributed by atoms with Gasteiger partial charge in [-0.25, -0.2) is 14.3 Å². The lowest BCUT2D eigenvalue weighted by Gasteiger charge is -2.21. The molecule has 2 heterocycles. The summed E-state index contributed by atoms with van der Waals surface area (Å²) < 4.78 is 23.8. The molecular formula is C28H32N6O6. The van der Waals surface area contributed by atoms with Crippen molar-refractivity contribution in [1.29, 1.82) is 0 Å². The summed E-state index contributed by atoms with van der Waals surface area (Å²) in [5.41, 5.74) is 7.15. The first kappa shape index (κ1) is 28.2. The Bertz CT molecular complexity index is 1530. The van der Waals surface area contributed by atoms with E-state index >= 15 is 0 Å². The summed E-state index contributed by atoms with van der Waals surface area (Å²) in [6.45, 7) is 7.81. The van der Waals surface area contributed by atoms with Gasteiger partial charge in [0.2, 0.25) is 5.88 Å².